The first-order valence-electron chi connectivity index (χ1n) is 10.7. The monoisotopic (exact) mass is 470 g/mol. The van der Waals surface area contributed by atoms with Crippen LogP contribution in [0.1, 0.15) is 24.3 Å². The van der Waals surface area contributed by atoms with Gasteiger partial charge in [0.2, 0.25) is 27.6 Å². The second-order valence-corrected chi connectivity index (χ2v) is 9.91. The molecular formula is C23H26N4O5S. The summed E-state index contributed by atoms with van der Waals surface area (Å²) in [6.45, 7) is 2.52. The van der Waals surface area contributed by atoms with Gasteiger partial charge in [-0.3, -0.25) is 4.79 Å². The van der Waals surface area contributed by atoms with Gasteiger partial charge in [0.05, 0.1) is 24.5 Å². The zero-order chi connectivity index (χ0) is 23.4. The number of sulfonamides is 1. The van der Waals surface area contributed by atoms with Crippen molar-refractivity contribution in [3.63, 3.8) is 0 Å². The van der Waals surface area contributed by atoms with Crippen molar-refractivity contribution in [2.75, 3.05) is 20.2 Å². The van der Waals surface area contributed by atoms with Gasteiger partial charge in [-0.15, -0.1) is 0 Å². The van der Waals surface area contributed by atoms with Crippen LogP contribution in [0.2, 0.25) is 0 Å². The molecule has 9 nitrogen and oxygen atoms in total. The van der Waals surface area contributed by atoms with Gasteiger partial charge in [-0.2, -0.15) is 9.29 Å². The third-order valence-corrected chi connectivity index (χ3v) is 7.52. The standard InChI is InChI=1S/C23H26N4O5S/c1-16-5-11-20(12-6-16)33(29,30)27-13-3-4-18(15-27)23(28)24-14-21-25-22(26-32-21)17-7-9-19(31-2)10-8-17/h5-12,18H,3-4,13-15H2,1-2H3,(H,24,28)/t18-/m0/s1. The van der Waals surface area contributed by atoms with E-state index in [1.54, 1.807) is 43.5 Å². The summed E-state index contributed by atoms with van der Waals surface area (Å²) >= 11 is 0. The number of nitrogens with one attached hydrogen (secondary N) is 1. The van der Waals surface area contributed by atoms with Crippen LogP contribution < -0.4 is 10.1 Å². The van der Waals surface area contributed by atoms with E-state index in [0.29, 0.717) is 25.2 Å². The molecule has 1 aliphatic heterocycles. The summed E-state index contributed by atoms with van der Waals surface area (Å²) < 4.78 is 37.7. The van der Waals surface area contributed by atoms with Crippen molar-refractivity contribution < 1.29 is 22.5 Å². The quantitative estimate of drug-likeness (QED) is 0.565. The molecule has 2 aromatic carbocycles. The van der Waals surface area contributed by atoms with Gasteiger partial charge in [0.25, 0.3) is 0 Å². The summed E-state index contributed by atoms with van der Waals surface area (Å²) in [6, 6.07) is 14.0. The van der Waals surface area contributed by atoms with E-state index in [-0.39, 0.29) is 29.8 Å². The summed E-state index contributed by atoms with van der Waals surface area (Å²) in [5.74, 6) is 0.732. The Morgan fingerprint density at radius 3 is 2.61 bits per heavy atom. The summed E-state index contributed by atoms with van der Waals surface area (Å²) in [4.78, 5) is 17.3. The van der Waals surface area contributed by atoms with E-state index in [1.165, 1.54) is 4.31 Å². The van der Waals surface area contributed by atoms with Gasteiger partial charge in [0.1, 0.15) is 5.75 Å². The minimum atomic E-state index is -3.64. The molecule has 0 unspecified atom stereocenters. The Labute approximate surface area is 192 Å². The number of carbonyl (C=O) groups is 1. The van der Waals surface area contributed by atoms with Gasteiger partial charge in [0, 0.05) is 18.7 Å². The molecule has 1 atom stereocenters. The number of aromatic nitrogens is 2. The number of carbonyl (C=O) groups excluding carboxylic acids is 1. The summed E-state index contributed by atoms with van der Waals surface area (Å²) in [6.07, 6.45) is 1.23. The predicted molar refractivity (Wildman–Crippen MR) is 121 cm³/mol. The number of benzene rings is 2. The Hall–Kier alpha value is -3.24. The smallest absolute Gasteiger partial charge is 0.246 e. The van der Waals surface area contributed by atoms with E-state index in [0.717, 1.165) is 16.9 Å². The zero-order valence-electron chi connectivity index (χ0n) is 18.5. The van der Waals surface area contributed by atoms with Crippen molar-refractivity contribution in [2.45, 2.75) is 31.2 Å². The van der Waals surface area contributed by atoms with Crippen LogP contribution in [0.4, 0.5) is 0 Å². The van der Waals surface area contributed by atoms with Crippen LogP contribution >= 0.6 is 0 Å². The summed E-state index contributed by atoms with van der Waals surface area (Å²) in [5, 5.41) is 6.74. The third kappa shape index (κ3) is 5.23. The van der Waals surface area contributed by atoms with Crippen LogP contribution in [0.5, 0.6) is 5.75 Å². The molecular weight excluding hydrogens is 444 g/mol. The molecule has 0 saturated carbocycles. The van der Waals surface area contributed by atoms with Gasteiger partial charge in [-0.05, 0) is 56.2 Å². The Morgan fingerprint density at radius 2 is 1.91 bits per heavy atom. The molecule has 1 aromatic heterocycles. The molecule has 0 radical (unpaired) electrons. The van der Waals surface area contributed by atoms with Crippen molar-refractivity contribution in [1.82, 2.24) is 19.8 Å². The van der Waals surface area contributed by atoms with E-state index in [2.05, 4.69) is 15.5 Å². The van der Waals surface area contributed by atoms with Crippen molar-refractivity contribution in [2.24, 2.45) is 5.92 Å². The van der Waals surface area contributed by atoms with Crippen molar-refractivity contribution in [3.8, 4) is 17.1 Å². The lowest BCUT2D eigenvalue weighted by Gasteiger charge is -2.31. The summed E-state index contributed by atoms with van der Waals surface area (Å²) in [5.41, 5.74) is 1.75. The predicted octanol–water partition coefficient (Wildman–Crippen LogP) is 2.77. The normalized spacial score (nSPS) is 17.0. The lowest BCUT2D eigenvalue weighted by molar-refractivity contribution is -0.126. The van der Waals surface area contributed by atoms with Crippen molar-refractivity contribution in [3.05, 3.63) is 60.0 Å². The van der Waals surface area contributed by atoms with Crippen LogP contribution in [0.25, 0.3) is 11.4 Å². The molecule has 1 amide bonds. The Morgan fingerprint density at radius 1 is 1.18 bits per heavy atom. The highest BCUT2D eigenvalue weighted by Crippen LogP contribution is 2.24. The fourth-order valence-corrected chi connectivity index (χ4v) is 5.25. The average molecular weight is 471 g/mol. The second kappa shape index (κ2) is 9.72. The van der Waals surface area contributed by atoms with Crippen LogP contribution in [0, 0.1) is 12.8 Å². The first-order valence-corrected chi connectivity index (χ1v) is 12.1. The van der Waals surface area contributed by atoms with Gasteiger partial charge < -0.3 is 14.6 Å². The van der Waals surface area contributed by atoms with Crippen molar-refractivity contribution in [1.29, 1.82) is 0 Å². The number of methoxy groups -OCH3 is 1. The molecule has 4 rings (SSSR count). The molecule has 174 valence electrons. The molecule has 2 heterocycles. The maximum absolute atomic E-state index is 13.0. The number of amides is 1. The lowest BCUT2D eigenvalue weighted by Crippen LogP contribution is -2.45. The first kappa shape index (κ1) is 22.9. The first-order chi connectivity index (χ1) is 15.9. The number of nitrogens with zero attached hydrogens (tertiary/aromatic N) is 3. The lowest BCUT2D eigenvalue weighted by atomic mass is 9.99. The number of aryl methyl sites for hydroxylation is 1. The van der Waals surface area contributed by atoms with Gasteiger partial charge in [-0.1, -0.05) is 22.9 Å². The maximum atomic E-state index is 13.0. The van der Waals surface area contributed by atoms with E-state index in [1.807, 2.05) is 19.1 Å². The molecule has 1 fully saturated rings. The molecule has 0 spiro atoms. The molecule has 1 N–H and O–H groups in total. The second-order valence-electron chi connectivity index (χ2n) is 7.97. The molecule has 0 bridgehead atoms. The summed E-state index contributed by atoms with van der Waals surface area (Å²) in [7, 11) is -2.05. The average Bonchev–Trinajstić information content (AvgIpc) is 3.32. The highest BCUT2D eigenvalue weighted by Gasteiger charge is 2.33. The largest absolute Gasteiger partial charge is 0.497 e. The van der Waals surface area contributed by atoms with Crippen molar-refractivity contribution >= 4 is 15.9 Å². The molecule has 10 heteroatoms. The fraction of sp³-hybridized carbons (Fsp3) is 0.348. The number of rotatable bonds is 7. The maximum Gasteiger partial charge on any atom is 0.246 e. The number of piperidine rings is 1. The number of ether oxygens (including phenoxy) is 1. The molecule has 1 saturated heterocycles. The Kier molecular flexibility index (Phi) is 6.75. The van der Waals surface area contributed by atoms with E-state index in [4.69, 9.17) is 9.26 Å². The Bertz CT molecular complexity index is 1210. The van der Waals surface area contributed by atoms with Crippen LogP contribution in [-0.2, 0) is 21.4 Å². The number of hydrogen-bond acceptors (Lipinski definition) is 7. The van der Waals surface area contributed by atoms with E-state index in [9.17, 15) is 13.2 Å². The van der Waals surface area contributed by atoms with Crippen LogP contribution in [0.15, 0.2) is 57.9 Å². The topological polar surface area (TPSA) is 115 Å². The van der Waals surface area contributed by atoms with Gasteiger partial charge >= 0.3 is 0 Å². The van der Waals surface area contributed by atoms with Crippen LogP contribution in [-0.4, -0.2) is 49.0 Å². The van der Waals surface area contributed by atoms with Crippen LogP contribution in [0.3, 0.4) is 0 Å². The highest BCUT2D eigenvalue weighted by molar-refractivity contribution is 7.89. The molecule has 0 aliphatic carbocycles. The molecule has 33 heavy (non-hydrogen) atoms. The Balaban J connectivity index is 1.36. The highest BCUT2D eigenvalue weighted by atomic mass is 32.2. The third-order valence-electron chi connectivity index (χ3n) is 5.64. The molecule has 3 aromatic rings. The van der Waals surface area contributed by atoms with E-state index < -0.39 is 15.9 Å². The zero-order valence-corrected chi connectivity index (χ0v) is 19.3. The van der Waals surface area contributed by atoms with Gasteiger partial charge in [-0.25, -0.2) is 8.42 Å². The minimum absolute atomic E-state index is 0.0726. The molecule has 1 aliphatic rings. The van der Waals surface area contributed by atoms with Gasteiger partial charge in [0.15, 0.2) is 0 Å². The van der Waals surface area contributed by atoms with E-state index >= 15 is 0 Å². The fourth-order valence-electron chi connectivity index (χ4n) is 3.73. The SMILES string of the molecule is COc1ccc(-c2noc(CNC(=O)[C@H]3CCCN(S(=O)(=O)c4ccc(C)cc4)C3)n2)cc1. The minimum Gasteiger partial charge on any atom is -0.497 e. The number of hydrogen-bond donors (Lipinski definition) is 1.